The standard InChI is InChI=1S/C26H28FN3O5/c1-16(22(31)30-21-7-5-4-6-20(21)28-25(34)26(30,2)3)35-24(33)18-12-14-29(15-13-18)23(32)17-8-10-19(27)11-9-17/h4-11,16,18H,12-15H2,1-3H3,(H,28,34)/t16-/m0/s1. The molecular formula is C26H28FN3O5. The number of likely N-dealkylation sites (tertiary alicyclic amines) is 1. The molecule has 0 radical (unpaired) electrons. The number of nitrogens with one attached hydrogen (secondary N) is 1. The molecule has 0 saturated carbocycles. The maximum atomic E-state index is 13.4. The van der Waals surface area contributed by atoms with Crippen molar-refractivity contribution in [3.05, 3.63) is 59.9 Å². The van der Waals surface area contributed by atoms with Gasteiger partial charge in [0.25, 0.3) is 11.8 Å². The summed E-state index contributed by atoms with van der Waals surface area (Å²) in [5.41, 5.74) is 0.276. The number of piperidine rings is 1. The van der Waals surface area contributed by atoms with Crippen molar-refractivity contribution in [3.8, 4) is 0 Å². The molecule has 0 bridgehead atoms. The lowest BCUT2D eigenvalue weighted by Gasteiger charge is -2.43. The lowest BCUT2D eigenvalue weighted by Crippen LogP contribution is -2.60. The molecule has 0 unspecified atom stereocenters. The highest BCUT2D eigenvalue weighted by molar-refractivity contribution is 6.15. The highest BCUT2D eigenvalue weighted by Gasteiger charge is 2.45. The normalized spacial score (nSPS) is 18.3. The molecule has 0 aliphatic carbocycles. The van der Waals surface area contributed by atoms with Crippen molar-refractivity contribution in [1.29, 1.82) is 0 Å². The Morgan fingerprint density at radius 3 is 2.34 bits per heavy atom. The third kappa shape index (κ3) is 4.76. The molecule has 1 N–H and O–H groups in total. The van der Waals surface area contributed by atoms with Gasteiger partial charge in [0.05, 0.1) is 17.3 Å². The number of ether oxygens (including phenoxy) is 1. The lowest BCUT2D eigenvalue weighted by molar-refractivity contribution is -0.159. The van der Waals surface area contributed by atoms with Gasteiger partial charge < -0.3 is 15.0 Å². The molecule has 2 aromatic carbocycles. The van der Waals surface area contributed by atoms with E-state index in [1.807, 2.05) is 0 Å². The van der Waals surface area contributed by atoms with E-state index in [9.17, 15) is 23.6 Å². The monoisotopic (exact) mass is 481 g/mol. The van der Waals surface area contributed by atoms with Gasteiger partial charge in [0.1, 0.15) is 11.4 Å². The minimum absolute atomic E-state index is 0.218. The Balaban J connectivity index is 1.38. The molecule has 1 saturated heterocycles. The summed E-state index contributed by atoms with van der Waals surface area (Å²) in [5.74, 6) is -2.41. The second-order valence-corrected chi connectivity index (χ2v) is 9.36. The van der Waals surface area contributed by atoms with E-state index in [0.29, 0.717) is 42.9 Å². The van der Waals surface area contributed by atoms with Crippen LogP contribution in [0.3, 0.4) is 0 Å². The Bertz CT molecular complexity index is 1160. The van der Waals surface area contributed by atoms with Crippen molar-refractivity contribution >= 4 is 35.1 Å². The molecular weight excluding hydrogens is 453 g/mol. The zero-order valence-corrected chi connectivity index (χ0v) is 19.9. The number of benzene rings is 2. The van der Waals surface area contributed by atoms with Crippen molar-refractivity contribution in [2.45, 2.75) is 45.3 Å². The van der Waals surface area contributed by atoms with E-state index < -0.39 is 35.3 Å². The lowest BCUT2D eigenvalue weighted by atomic mass is 9.95. The number of amides is 3. The number of carbonyl (C=O) groups is 4. The predicted octanol–water partition coefficient (Wildman–Crippen LogP) is 3.37. The number of carbonyl (C=O) groups excluding carboxylic acids is 4. The van der Waals surface area contributed by atoms with Crippen LogP contribution in [0.2, 0.25) is 0 Å². The van der Waals surface area contributed by atoms with Crippen LogP contribution in [-0.2, 0) is 19.1 Å². The second kappa shape index (κ2) is 9.48. The number of fused-ring (bicyclic) bond motifs is 1. The Hall–Kier alpha value is -3.75. The van der Waals surface area contributed by atoms with E-state index in [4.69, 9.17) is 4.74 Å². The van der Waals surface area contributed by atoms with Crippen LogP contribution in [0.4, 0.5) is 15.8 Å². The Kier molecular flexibility index (Phi) is 6.60. The van der Waals surface area contributed by atoms with Crippen molar-refractivity contribution in [3.63, 3.8) is 0 Å². The zero-order chi connectivity index (χ0) is 25.3. The van der Waals surface area contributed by atoms with Gasteiger partial charge in [-0.25, -0.2) is 4.39 Å². The van der Waals surface area contributed by atoms with Gasteiger partial charge in [-0.1, -0.05) is 12.1 Å². The van der Waals surface area contributed by atoms with Crippen LogP contribution < -0.4 is 10.2 Å². The SMILES string of the molecule is C[C@H](OC(=O)C1CCN(C(=O)c2ccc(F)cc2)CC1)C(=O)N1c2ccccc2NC(=O)C1(C)C. The first kappa shape index (κ1) is 24.4. The number of nitrogens with zero attached hydrogens (tertiary/aromatic N) is 2. The highest BCUT2D eigenvalue weighted by Crippen LogP contribution is 2.37. The summed E-state index contributed by atoms with van der Waals surface area (Å²) in [6, 6.07) is 12.3. The second-order valence-electron chi connectivity index (χ2n) is 9.36. The molecule has 1 atom stereocenters. The fourth-order valence-corrected chi connectivity index (χ4v) is 4.44. The van der Waals surface area contributed by atoms with Crippen molar-refractivity contribution in [2.24, 2.45) is 5.92 Å². The minimum atomic E-state index is -1.17. The maximum absolute atomic E-state index is 13.4. The van der Waals surface area contributed by atoms with Gasteiger partial charge in [0, 0.05) is 18.7 Å². The van der Waals surface area contributed by atoms with Gasteiger partial charge in [-0.2, -0.15) is 0 Å². The third-order valence-electron chi connectivity index (χ3n) is 6.58. The summed E-state index contributed by atoms with van der Waals surface area (Å²) in [6.45, 7) is 5.48. The molecule has 2 aromatic rings. The van der Waals surface area contributed by atoms with Crippen LogP contribution in [0.5, 0.6) is 0 Å². The average Bonchev–Trinajstić information content (AvgIpc) is 2.84. The Labute approximate surface area is 203 Å². The first-order valence-electron chi connectivity index (χ1n) is 11.6. The fraction of sp³-hybridized carbons (Fsp3) is 0.385. The summed E-state index contributed by atoms with van der Waals surface area (Å²) in [4.78, 5) is 54.4. The van der Waals surface area contributed by atoms with E-state index in [1.54, 1.807) is 43.0 Å². The number of para-hydroxylation sites is 2. The molecule has 35 heavy (non-hydrogen) atoms. The molecule has 0 spiro atoms. The fourth-order valence-electron chi connectivity index (χ4n) is 4.44. The molecule has 2 aliphatic heterocycles. The molecule has 9 heteroatoms. The Morgan fingerprint density at radius 2 is 1.69 bits per heavy atom. The smallest absolute Gasteiger partial charge is 0.309 e. The summed E-state index contributed by atoms with van der Waals surface area (Å²) in [5, 5.41) is 2.80. The van der Waals surface area contributed by atoms with Crippen LogP contribution in [0.1, 0.15) is 44.0 Å². The van der Waals surface area contributed by atoms with Gasteiger partial charge in [-0.3, -0.25) is 24.1 Å². The highest BCUT2D eigenvalue weighted by atomic mass is 19.1. The van der Waals surface area contributed by atoms with E-state index in [2.05, 4.69) is 5.32 Å². The van der Waals surface area contributed by atoms with Gasteiger partial charge in [0.2, 0.25) is 5.91 Å². The topological polar surface area (TPSA) is 96.0 Å². The number of hydrogen-bond donors (Lipinski definition) is 1. The van der Waals surface area contributed by atoms with Gasteiger partial charge in [-0.05, 0) is 70.0 Å². The van der Waals surface area contributed by atoms with Gasteiger partial charge in [0.15, 0.2) is 6.10 Å². The summed E-state index contributed by atoms with van der Waals surface area (Å²) >= 11 is 0. The molecule has 0 aromatic heterocycles. The largest absolute Gasteiger partial charge is 0.452 e. The van der Waals surface area contributed by atoms with Crippen molar-refractivity contribution < 1.29 is 28.3 Å². The average molecular weight is 482 g/mol. The van der Waals surface area contributed by atoms with E-state index >= 15 is 0 Å². The van der Waals surface area contributed by atoms with Crippen molar-refractivity contribution in [1.82, 2.24) is 4.90 Å². The third-order valence-corrected chi connectivity index (χ3v) is 6.58. The first-order chi connectivity index (χ1) is 16.6. The summed E-state index contributed by atoms with van der Waals surface area (Å²) in [7, 11) is 0. The van der Waals surface area contributed by atoms with Crippen LogP contribution in [0, 0.1) is 11.7 Å². The minimum Gasteiger partial charge on any atom is -0.452 e. The van der Waals surface area contributed by atoms with Crippen LogP contribution in [-0.4, -0.2) is 53.3 Å². The quantitative estimate of drug-likeness (QED) is 0.676. The number of hydrogen-bond acceptors (Lipinski definition) is 5. The molecule has 2 heterocycles. The maximum Gasteiger partial charge on any atom is 0.309 e. The summed E-state index contributed by atoms with van der Waals surface area (Å²) in [6.07, 6.45) is -0.306. The molecule has 3 amide bonds. The van der Waals surface area contributed by atoms with Gasteiger partial charge in [-0.15, -0.1) is 0 Å². The molecule has 184 valence electrons. The Morgan fingerprint density at radius 1 is 1.06 bits per heavy atom. The molecule has 2 aliphatic rings. The first-order valence-corrected chi connectivity index (χ1v) is 11.6. The van der Waals surface area contributed by atoms with Gasteiger partial charge >= 0.3 is 5.97 Å². The summed E-state index contributed by atoms with van der Waals surface area (Å²) < 4.78 is 18.7. The van der Waals surface area contributed by atoms with Crippen LogP contribution >= 0.6 is 0 Å². The van der Waals surface area contributed by atoms with E-state index in [0.717, 1.165) is 0 Å². The number of halogens is 1. The van der Waals surface area contributed by atoms with E-state index in [1.165, 1.54) is 36.1 Å². The zero-order valence-electron chi connectivity index (χ0n) is 19.9. The molecule has 8 nitrogen and oxygen atoms in total. The molecule has 4 rings (SSSR count). The number of esters is 1. The number of rotatable bonds is 4. The number of anilines is 2. The molecule has 1 fully saturated rings. The predicted molar refractivity (Wildman–Crippen MR) is 127 cm³/mol. The van der Waals surface area contributed by atoms with Crippen molar-refractivity contribution in [2.75, 3.05) is 23.3 Å². The van der Waals surface area contributed by atoms with Crippen LogP contribution in [0.25, 0.3) is 0 Å². The van der Waals surface area contributed by atoms with Crippen LogP contribution in [0.15, 0.2) is 48.5 Å². The van der Waals surface area contributed by atoms with E-state index in [-0.39, 0.29) is 11.8 Å².